The van der Waals surface area contributed by atoms with Gasteiger partial charge in [0.15, 0.2) is 11.4 Å². The van der Waals surface area contributed by atoms with Crippen molar-refractivity contribution in [2.75, 3.05) is 6.54 Å². The minimum absolute atomic E-state index is 0.167. The van der Waals surface area contributed by atoms with Gasteiger partial charge < -0.3 is 10.4 Å². The van der Waals surface area contributed by atoms with Crippen LogP contribution in [0.5, 0.6) is 0 Å². The van der Waals surface area contributed by atoms with Gasteiger partial charge in [-0.25, -0.2) is 4.79 Å². The second-order valence-corrected chi connectivity index (χ2v) is 5.70. The van der Waals surface area contributed by atoms with Crippen molar-refractivity contribution in [2.45, 2.75) is 39.0 Å². The molecule has 2 aromatic rings. The lowest BCUT2D eigenvalue weighted by molar-refractivity contribution is -0.141. The molecule has 2 heterocycles. The maximum Gasteiger partial charge on any atom is 0.435 e. The molecule has 2 aromatic heterocycles. The summed E-state index contributed by atoms with van der Waals surface area (Å²) in [6.07, 6.45) is -2.71. The SMILES string of the molecule is Cc1cc(C(F)(F)F)nn1CCCNC(=O)C(C)n1ccc(C(=O)O)n1. The Morgan fingerprint density at radius 2 is 2.04 bits per heavy atom. The van der Waals surface area contributed by atoms with Gasteiger partial charge in [-0.3, -0.25) is 14.2 Å². The Bertz CT molecular complexity index is 797. The highest BCUT2D eigenvalue weighted by Crippen LogP contribution is 2.28. The van der Waals surface area contributed by atoms with E-state index in [1.165, 1.54) is 28.6 Å². The number of amides is 1. The van der Waals surface area contributed by atoms with Gasteiger partial charge >= 0.3 is 12.1 Å². The third-order valence-electron chi connectivity index (χ3n) is 3.72. The van der Waals surface area contributed by atoms with E-state index in [2.05, 4.69) is 15.5 Å². The molecule has 0 spiro atoms. The van der Waals surface area contributed by atoms with Gasteiger partial charge in [0, 0.05) is 25.0 Å². The second kappa shape index (κ2) is 7.58. The van der Waals surface area contributed by atoms with Gasteiger partial charge in [0.1, 0.15) is 6.04 Å². The summed E-state index contributed by atoms with van der Waals surface area (Å²) in [7, 11) is 0. The molecular weight excluding hydrogens is 355 g/mol. The van der Waals surface area contributed by atoms with Crippen LogP contribution in [0.25, 0.3) is 0 Å². The zero-order valence-corrected chi connectivity index (χ0v) is 14.1. The molecule has 1 unspecified atom stereocenters. The molecule has 11 heteroatoms. The summed E-state index contributed by atoms with van der Waals surface area (Å²) in [6, 6.07) is 1.54. The predicted octanol–water partition coefficient (Wildman–Crippen LogP) is 1.87. The quantitative estimate of drug-likeness (QED) is 0.722. The molecule has 26 heavy (non-hydrogen) atoms. The van der Waals surface area contributed by atoms with Gasteiger partial charge in [-0.05, 0) is 32.4 Å². The number of nitrogens with one attached hydrogen (secondary N) is 1. The number of carbonyl (C=O) groups is 2. The maximum atomic E-state index is 12.6. The van der Waals surface area contributed by atoms with Gasteiger partial charge in [0.2, 0.25) is 5.91 Å². The fourth-order valence-electron chi connectivity index (χ4n) is 2.25. The van der Waals surface area contributed by atoms with Crippen LogP contribution < -0.4 is 5.32 Å². The Morgan fingerprint density at radius 3 is 2.58 bits per heavy atom. The Balaban J connectivity index is 1.83. The van der Waals surface area contributed by atoms with Gasteiger partial charge in [-0.2, -0.15) is 23.4 Å². The predicted molar refractivity (Wildman–Crippen MR) is 83.5 cm³/mol. The van der Waals surface area contributed by atoms with E-state index in [1.54, 1.807) is 6.92 Å². The van der Waals surface area contributed by atoms with Crippen LogP contribution in [-0.2, 0) is 17.5 Å². The minimum Gasteiger partial charge on any atom is -0.476 e. The molecule has 2 N–H and O–H groups in total. The van der Waals surface area contributed by atoms with Crippen molar-refractivity contribution >= 4 is 11.9 Å². The molecule has 0 aromatic carbocycles. The van der Waals surface area contributed by atoms with E-state index in [-0.39, 0.29) is 24.7 Å². The lowest BCUT2D eigenvalue weighted by Crippen LogP contribution is -2.32. The minimum atomic E-state index is -4.49. The smallest absolute Gasteiger partial charge is 0.435 e. The Labute approximate surface area is 146 Å². The van der Waals surface area contributed by atoms with Gasteiger partial charge in [-0.15, -0.1) is 0 Å². The Hall–Kier alpha value is -2.85. The Kier molecular flexibility index (Phi) is 5.68. The highest BCUT2D eigenvalue weighted by molar-refractivity contribution is 5.85. The molecule has 1 amide bonds. The van der Waals surface area contributed by atoms with Crippen molar-refractivity contribution in [3.05, 3.63) is 35.4 Å². The Morgan fingerprint density at radius 1 is 1.35 bits per heavy atom. The van der Waals surface area contributed by atoms with Crippen LogP contribution >= 0.6 is 0 Å². The van der Waals surface area contributed by atoms with Crippen molar-refractivity contribution < 1.29 is 27.9 Å². The molecular formula is C15H18F3N5O3. The van der Waals surface area contributed by atoms with Crippen LogP contribution in [0.3, 0.4) is 0 Å². The number of carboxylic acid groups (broad SMARTS) is 1. The van der Waals surface area contributed by atoms with E-state index in [4.69, 9.17) is 5.11 Å². The number of hydrogen-bond acceptors (Lipinski definition) is 4. The number of nitrogens with zero attached hydrogens (tertiary/aromatic N) is 4. The van der Waals surface area contributed by atoms with E-state index >= 15 is 0 Å². The van der Waals surface area contributed by atoms with Crippen molar-refractivity contribution in [1.29, 1.82) is 0 Å². The first-order valence-electron chi connectivity index (χ1n) is 7.77. The first-order valence-corrected chi connectivity index (χ1v) is 7.77. The van der Waals surface area contributed by atoms with Crippen LogP contribution in [0.2, 0.25) is 0 Å². The fourth-order valence-corrected chi connectivity index (χ4v) is 2.25. The number of carboxylic acids is 1. The number of aryl methyl sites for hydroxylation is 2. The molecule has 2 rings (SSSR count). The van der Waals surface area contributed by atoms with E-state index in [0.29, 0.717) is 12.1 Å². The number of rotatable bonds is 7. The zero-order chi connectivity index (χ0) is 19.5. The highest BCUT2D eigenvalue weighted by atomic mass is 19.4. The lowest BCUT2D eigenvalue weighted by atomic mass is 10.3. The van der Waals surface area contributed by atoms with E-state index in [9.17, 15) is 22.8 Å². The van der Waals surface area contributed by atoms with Crippen LogP contribution in [0, 0.1) is 6.92 Å². The fraction of sp³-hybridized carbons (Fsp3) is 0.467. The van der Waals surface area contributed by atoms with Crippen LogP contribution in [0.1, 0.15) is 41.3 Å². The second-order valence-electron chi connectivity index (χ2n) is 5.70. The molecule has 0 bridgehead atoms. The third-order valence-corrected chi connectivity index (χ3v) is 3.72. The third kappa shape index (κ3) is 4.61. The molecule has 0 radical (unpaired) electrons. The molecule has 0 fully saturated rings. The van der Waals surface area contributed by atoms with Gasteiger partial charge in [0.25, 0.3) is 0 Å². The van der Waals surface area contributed by atoms with Gasteiger partial charge in [-0.1, -0.05) is 0 Å². The monoisotopic (exact) mass is 373 g/mol. The molecule has 0 aliphatic heterocycles. The summed E-state index contributed by atoms with van der Waals surface area (Å²) in [5.74, 6) is -1.57. The molecule has 0 aliphatic carbocycles. The molecule has 8 nitrogen and oxygen atoms in total. The standard InChI is InChI=1S/C15H18F3N5O3/c1-9-8-12(15(16,17)18)21-22(9)6-3-5-19-13(24)10(2)23-7-4-11(20-23)14(25)26/h4,7-8,10H,3,5-6H2,1-2H3,(H,19,24)(H,25,26). The van der Waals surface area contributed by atoms with Crippen molar-refractivity contribution in [3.8, 4) is 0 Å². The first-order chi connectivity index (χ1) is 12.1. The first kappa shape index (κ1) is 19.5. The van der Waals surface area contributed by atoms with Crippen LogP contribution in [0.4, 0.5) is 13.2 Å². The summed E-state index contributed by atoms with van der Waals surface area (Å²) in [5.41, 5.74) is -0.727. The summed E-state index contributed by atoms with van der Waals surface area (Å²) >= 11 is 0. The average Bonchev–Trinajstić information content (AvgIpc) is 3.17. The summed E-state index contributed by atoms with van der Waals surface area (Å²) in [5, 5.41) is 18.7. The number of aromatic nitrogens is 4. The largest absolute Gasteiger partial charge is 0.476 e. The van der Waals surface area contributed by atoms with Crippen LogP contribution in [-0.4, -0.2) is 43.1 Å². The summed E-state index contributed by atoms with van der Waals surface area (Å²) < 4.78 is 40.3. The molecule has 1 atom stereocenters. The van der Waals surface area contributed by atoms with Gasteiger partial charge in [0.05, 0.1) is 0 Å². The zero-order valence-electron chi connectivity index (χ0n) is 14.1. The number of aromatic carboxylic acids is 1. The topological polar surface area (TPSA) is 102 Å². The molecule has 0 saturated carbocycles. The highest BCUT2D eigenvalue weighted by Gasteiger charge is 2.34. The van der Waals surface area contributed by atoms with E-state index in [0.717, 1.165) is 6.07 Å². The van der Waals surface area contributed by atoms with E-state index in [1.807, 2.05) is 0 Å². The normalized spacial score (nSPS) is 12.8. The molecule has 0 aliphatic rings. The van der Waals surface area contributed by atoms with Crippen molar-refractivity contribution in [1.82, 2.24) is 24.9 Å². The number of carbonyl (C=O) groups excluding carboxylic acids is 1. The lowest BCUT2D eigenvalue weighted by Gasteiger charge is -2.13. The molecule has 142 valence electrons. The molecule has 0 saturated heterocycles. The van der Waals surface area contributed by atoms with Crippen molar-refractivity contribution in [3.63, 3.8) is 0 Å². The summed E-state index contributed by atoms with van der Waals surface area (Å²) in [6.45, 7) is 3.54. The summed E-state index contributed by atoms with van der Waals surface area (Å²) in [4.78, 5) is 22.8. The number of halogens is 3. The maximum absolute atomic E-state index is 12.6. The average molecular weight is 373 g/mol. The van der Waals surface area contributed by atoms with E-state index < -0.39 is 23.9 Å². The van der Waals surface area contributed by atoms with Crippen molar-refractivity contribution in [2.24, 2.45) is 0 Å². The van der Waals surface area contributed by atoms with Crippen LogP contribution in [0.15, 0.2) is 18.3 Å². The number of alkyl halides is 3. The number of hydrogen-bond donors (Lipinski definition) is 2.